The molecule has 0 aromatic heterocycles. The summed E-state index contributed by atoms with van der Waals surface area (Å²) in [5, 5.41) is 19.1. The third-order valence-electron chi connectivity index (χ3n) is 2.93. The number of phenolic OH excluding ortho intramolecular Hbond substituents is 1. The quantitative estimate of drug-likeness (QED) is 0.853. The minimum absolute atomic E-state index is 0.0885. The van der Waals surface area contributed by atoms with Gasteiger partial charge in [-0.1, -0.05) is 11.6 Å². The van der Waals surface area contributed by atoms with Crippen molar-refractivity contribution in [3.63, 3.8) is 0 Å². The van der Waals surface area contributed by atoms with Crippen LogP contribution in [-0.2, 0) is 10.2 Å². The molecule has 0 bridgehead atoms. The standard InChI is InChI=1S/C11H11ClO4/c1-16-9-7(13)3-2-6(12)8(9)11(4-5-11)10(14)15/h2-3,13H,4-5H2,1H3,(H,14,15). The number of halogens is 1. The summed E-state index contributed by atoms with van der Waals surface area (Å²) in [4.78, 5) is 11.2. The molecule has 0 saturated heterocycles. The molecule has 1 saturated carbocycles. The molecule has 1 aliphatic rings. The molecular weight excluding hydrogens is 232 g/mol. The number of hydrogen-bond donors (Lipinski definition) is 2. The number of phenols is 1. The number of carboxylic acids is 1. The van der Waals surface area contributed by atoms with Crippen LogP contribution in [0.2, 0.25) is 5.02 Å². The molecule has 4 nitrogen and oxygen atoms in total. The molecule has 1 aliphatic carbocycles. The predicted octanol–water partition coefficient (Wildman–Crippen LogP) is 2.17. The Morgan fingerprint density at radius 1 is 1.50 bits per heavy atom. The second-order valence-corrected chi connectivity index (χ2v) is 4.27. The Kier molecular flexibility index (Phi) is 2.46. The van der Waals surface area contributed by atoms with Gasteiger partial charge in [0.05, 0.1) is 12.5 Å². The SMILES string of the molecule is COc1c(O)ccc(Cl)c1C1(C(=O)O)CC1. The van der Waals surface area contributed by atoms with E-state index in [4.69, 9.17) is 16.3 Å². The van der Waals surface area contributed by atoms with Gasteiger partial charge in [-0.3, -0.25) is 4.79 Å². The first kappa shape index (κ1) is 11.1. The highest BCUT2D eigenvalue weighted by atomic mass is 35.5. The highest BCUT2D eigenvalue weighted by Gasteiger charge is 2.55. The number of hydrogen-bond acceptors (Lipinski definition) is 3. The molecule has 0 spiro atoms. The minimum Gasteiger partial charge on any atom is -0.504 e. The fourth-order valence-corrected chi connectivity index (χ4v) is 2.23. The third kappa shape index (κ3) is 1.41. The molecule has 0 amide bonds. The van der Waals surface area contributed by atoms with E-state index in [1.165, 1.54) is 19.2 Å². The third-order valence-corrected chi connectivity index (χ3v) is 3.24. The van der Waals surface area contributed by atoms with Crippen LogP contribution < -0.4 is 4.74 Å². The summed E-state index contributed by atoms with van der Waals surface area (Å²) < 4.78 is 5.04. The first-order valence-corrected chi connectivity index (χ1v) is 5.20. The van der Waals surface area contributed by atoms with Crippen molar-refractivity contribution in [1.29, 1.82) is 0 Å². The van der Waals surface area contributed by atoms with E-state index in [0.717, 1.165) is 0 Å². The molecule has 0 aliphatic heterocycles. The van der Waals surface area contributed by atoms with Crippen LogP contribution in [0.1, 0.15) is 18.4 Å². The zero-order valence-electron chi connectivity index (χ0n) is 8.66. The fourth-order valence-electron chi connectivity index (χ4n) is 1.90. The molecule has 1 aromatic rings. The molecule has 5 heteroatoms. The zero-order chi connectivity index (χ0) is 11.9. The van der Waals surface area contributed by atoms with Crippen molar-refractivity contribution in [3.05, 3.63) is 22.7 Å². The molecule has 0 atom stereocenters. The van der Waals surface area contributed by atoms with E-state index in [-0.39, 0.29) is 11.5 Å². The van der Waals surface area contributed by atoms with Crippen molar-refractivity contribution in [3.8, 4) is 11.5 Å². The van der Waals surface area contributed by atoms with Gasteiger partial charge in [-0.05, 0) is 25.0 Å². The lowest BCUT2D eigenvalue weighted by molar-refractivity contribution is -0.140. The second-order valence-electron chi connectivity index (χ2n) is 3.86. The van der Waals surface area contributed by atoms with Gasteiger partial charge in [-0.2, -0.15) is 0 Å². The lowest BCUT2D eigenvalue weighted by Gasteiger charge is -2.17. The van der Waals surface area contributed by atoms with Crippen LogP contribution in [0.4, 0.5) is 0 Å². The van der Waals surface area contributed by atoms with Gasteiger partial charge in [-0.15, -0.1) is 0 Å². The van der Waals surface area contributed by atoms with E-state index in [1.54, 1.807) is 0 Å². The summed E-state index contributed by atoms with van der Waals surface area (Å²) in [7, 11) is 1.38. The largest absolute Gasteiger partial charge is 0.504 e. The molecule has 16 heavy (non-hydrogen) atoms. The van der Waals surface area contributed by atoms with Crippen LogP contribution in [-0.4, -0.2) is 23.3 Å². The number of aromatic hydroxyl groups is 1. The van der Waals surface area contributed by atoms with E-state index in [9.17, 15) is 15.0 Å². The molecule has 2 rings (SSSR count). The maximum atomic E-state index is 11.2. The second kappa shape index (κ2) is 3.56. The van der Waals surface area contributed by atoms with Gasteiger partial charge in [-0.25, -0.2) is 0 Å². The Balaban J connectivity index is 2.64. The summed E-state index contributed by atoms with van der Waals surface area (Å²) in [6, 6.07) is 2.88. The molecular formula is C11H11ClO4. The maximum absolute atomic E-state index is 11.2. The van der Waals surface area contributed by atoms with Crippen molar-refractivity contribution >= 4 is 17.6 Å². The summed E-state index contributed by atoms with van der Waals surface area (Å²) >= 11 is 5.99. The van der Waals surface area contributed by atoms with Crippen LogP contribution in [0, 0.1) is 0 Å². The van der Waals surface area contributed by atoms with Gasteiger partial charge in [0, 0.05) is 10.6 Å². The number of aliphatic carboxylic acids is 1. The van der Waals surface area contributed by atoms with E-state index >= 15 is 0 Å². The van der Waals surface area contributed by atoms with E-state index in [1.807, 2.05) is 0 Å². The summed E-state index contributed by atoms with van der Waals surface area (Å²) in [5.41, 5.74) is -0.606. The van der Waals surface area contributed by atoms with Crippen LogP contribution in [0.3, 0.4) is 0 Å². The first-order valence-electron chi connectivity index (χ1n) is 4.82. The molecule has 0 unspecified atom stereocenters. The smallest absolute Gasteiger partial charge is 0.314 e. The van der Waals surface area contributed by atoms with Gasteiger partial charge in [0.2, 0.25) is 0 Å². The molecule has 1 fully saturated rings. The Labute approximate surface area is 97.4 Å². The number of rotatable bonds is 3. The van der Waals surface area contributed by atoms with Gasteiger partial charge >= 0.3 is 5.97 Å². The molecule has 2 N–H and O–H groups in total. The predicted molar refractivity (Wildman–Crippen MR) is 58.2 cm³/mol. The van der Waals surface area contributed by atoms with Gasteiger partial charge in [0.25, 0.3) is 0 Å². The zero-order valence-corrected chi connectivity index (χ0v) is 9.41. The maximum Gasteiger partial charge on any atom is 0.314 e. The van der Waals surface area contributed by atoms with Gasteiger partial charge in [0.1, 0.15) is 0 Å². The van der Waals surface area contributed by atoms with Crippen molar-refractivity contribution < 1.29 is 19.7 Å². The Morgan fingerprint density at radius 2 is 2.12 bits per heavy atom. The minimum atomic E-state index is -0.985. The average Bonchev–Trinajstić information content (AvgIpc) is 3.02. The monoisotopic (exact) mass is 242 g/mol. The van der Waals surface area contributed by atoms with Crippen LogP contribution in [0.25, 0.3) is 0 Å². The fraction of sp³-hybridized carbons (Fsp3) is 0.364. The molecule has 1 aromatic carbocycles. The summed E-state index contributed by atoms with van der Waals surface area (Å²) in [6.07, 6.45) is 1.03. The van der Waals surface area contributed by atoms with Crippen molar-refractivity contribution in [2.45, 2.75) is 18.3 Å². The van der Waals surface area contributed by atoms with E-state index in [0.29, 0.717) is 23.4 Å². The van der Waals surface area contributed by atoms with Crippen molar-refractivity contribution in [2.75, 3.05) is 7.11 Å². The highest BCUT2D eigenvalue weighted by Crippen LogP contribution is 2.55. The normalized spacial score (nSPS) is 16.9. The average molecular weight is 243 g/mol. The van der Waals surface area contributed by atoms with Crippen LogP contribution >= 0.6 is 11.6 Å². The van der Waals surface area contributed by atoms with Crippen LogP contribution in [0.5, 0.6) is 11.5 Å². The first-order chi connectivity index (χ1) is 7.53. The topological polar surface area (TPSA) is 66.8 Å². The molecule has 0 heterocycles. The lowest BCUT2D eigenvalue weighted by atomic mass is 9.94. The van der Waals surface area contributed by atoms with E-state index in [2.05, 4.69) is 0 Å². The summed E-state index contributed by atoms with van der Waals surface area (Å²) in [6.45, 7) is 0. The van der Waals surface area contributed by atoms with Gasteiger partial charge in [0.15, 0.2) is 11.5 Å². The number of carboxylic acid groups (broad SMARTS) is 1. The van der Waals surface area contributed by atoms with Crippen molar-refractivity contribution in [1.82, 2.24) is 0 Å². The number of ether oxygens (including phenoxy) is 1. The van der Waals surface area contributed by atoms with Crippen molar-refractivity contribution in [2.24, 2.45) is 0 Å². The van der Waals surface area contributed by atoms with Gasteiger partial charge < -0.3 is 14.9 Å². The highest BCUT2D eigenvalue weighted by molar-refractivity contribution is 6.32. The lowest BCUT2D eigenvalue weighted by Crippen LogP contribution is -2.20. The Hall–Kier alpha value is -1.42. The number of benzene rings is 1. The Morgan fingerprint density at radius 3 is 2.56 bits per heavy atom. The molecule has 0 radical (unpaired) electrons. The van der Waals surface area contributed by atoms with Crippen LogP contribution in [0.15, 0.2) is 12.1 Å². The summed E-state index contributed by atoms with van der Waals surface area (Å²) in [5.74, 6) is -0.861. The van der Waals surface area contributed by atoms with E-state index < -0.39 is 11.4 Å². The number of carbonyl (C=O) groups is 1. The number of methoxy groups -OCH3 is 1. The Bertz CT molecular complexity index is 452. The molecule has 86 valence electrons.